The van der Waals surface area contributed by atoms with Gasteiger partial charge in [-0.25, -0.2) is 9.97 Å². The molecule has 0 saturated carbocycles. The molecule has 1 atom stereocenters. The van der Waals surface area contributed by atoms with Gasteiger partial charge in [-0.05, 0) is 48.8 Å². The Morgan fingerprint density at radius 3 is 2.81 bits per heavy atom. The van der Waals surface area contributed by atoms with Gasteiger partial charge in [-0.1, -0.05) is 25.1 Å². The highest BCUT2D eigenvalue weighted by Gasteiger charge is 2.23. The predicted molar refractivity (Wildman–Crippen MR) is 126 cm³/mol. The molecule has 3 heterocycles. The number of fused-ring (bicyclic) bond motifs is 2. The van der Waals surface area contributed by atoms with Gasteiger partial charge in [0.05, 0.1) is 11.7 Å². The molecule has 158 valence electrons. The van der Waals surface area contributed by atoms with Crippen LogP contribution < -0.4 is 10.9 Å². The number of carbonyl (C=O) groups is 1. The lowest BCUT2D eigenvalue weighted by Crippen LogP contribution is -2.33. The number of nitrogens with zero attached hydrogens (tertiary/aromatic N) is 3. The summed E-state index contributed by atoms with van der Waals surface area (Å²) >= 11 is 2.82. The minimum atomic E-state index is -0.649. The standard InChI is InChI=1S/C23H22N4O2S2/c1-2-18(20(28)26-23-24-9-10-30-23)27-13-25-21-19(22(27)29)17(12-31-21)16-8-7-14-5-3-4-6-15(14)11-16/h7-13,18H,2-6H2,1H3,(H,24,26,28). The monoisotopic (exact) mass is 450 g/mol. The van der Waals surface area contributed by atoms with Gasteiger partial charge in [-0.3, -0.25) is 14.2 Å². The summed E-state index contributed by atoms with van der Waals surface area (Å²) in [6, 6.07) is 5.87. The zero-order valence-corrected chi connectivity index (χ0v) is 18.8. The minimum Gasteiger partial charge on any atom is -0.300 e. The van der Waals surface area contributed by atoms with Gasteiger partial charge < -0.3 is 5.32 Å². The van der Waals surface area contributed by atoms with Crippen LogP contribution in [0.5, 0.6) is 0 Å². The summed E-state index contributed by atoms with van der Waals surface area (Å²) in [6.45, 7) is 1.89. The summed E-state index contributed by atoms with van der Waals surface area (Å²) in [6.07, 6.45) is 8.27. The average molecular weight is 451 g/mol. The van der Waals surface area contributed by atoms with Gasteiger partial charge in [0, 0.05) is 22.5 Å². The summed E-state index contributed by atoms with van der Waals surface area (Å²) in [5.74, 6) is -0.258. The zero-order valence-electron chi connectivity index (χ0n) is 17.1. The molecule has 3 aromatic heterocycles. The number of aromatic nitrogens is 3. The lowest BCUT2D eigenvalue weighted by atomic mass is 9.89. The molecule has 0 saturated heterocycles. The Bertz CT molecular complexity index is 1310. The third kappa shape index (κ3) is 3.70. The highest BCUT2D eigenvalue weighted by atomic mass is 32.1. The maximum absolute atomic E-state index is 13.5. The molecular formula is C23H22N4O2S2. The SMILES string of the molecule is CCC(C(=O)Nc1nccs1)n1cnc2scc(-c3ccc4c(c3)CCCC4)c2c1=O. The van der Waals surface area contributed by atoms with Crippen LogP contribution in [0.25, 0.3) is 21.3 Å². The largest absolute Gasteiger partial charge is 0.300 e. The molecule has 8 heteroatoms. The first-order valence-corrected chi connectivity index (χ1v) is 12.2. The molecule has 1 aromatic carbocycles. The Morgan fingerprint density at radius 1 is 1.19 bits per heavy atom. The van der Waals surface area contributed by atoms with E-state index in [2.05, 4.69) is 33.5 Å². The fourth-order valence-corrected chi connectivity index (χ4v) is 5.70. The number of thiazole rings is 1. The summed E-state index contributed by atoms with van der Waals surface area (Å²) < 4.78 is 1.46. The van der Waals surface area contributed by atoms with Crippen LogP contribution in [0.2, 0.25) is 0 Å². The van der Waals surface area contributed by atoms with E-state index in [1.54, 1.807) is 11.6 Å². The molecule has 1 aliphatic rings. The molecule has 1 aliphatic carbocycles. The molecule has 1 amide bonds. The van der Waals surface area contributed by atoms with Gasteiger partial charge >= 0.3 is 0 Å². The Hall–Kier alpha value is -2.84. The second kappa shape index (κ2) is 8.36. The minimum absolute atomic E-state index is 0.180. The highest BCUT2D eigenvalue weighted by molar-refractivity contribution is 7.17. The Balaban J connectivity index is 1.56. The molecule has 0 bridgehead atoms. The van der Waals surface area contributed by atoms with Gasteiger partial charge in [-0.2, -0.15) is 0 Å². The number of rotatable bonds is 5. The van der Waals surface area contributed by atoms with Crippen molar-refractivity contribution < 1.29 is 4.79 Å². The third-order valence-corrected chi connectivity index (χ3v) is 7.44. The van der Waals surface area contributed by atoms with E-state index in [9.17, 15) is 9.59 Å². The van der Waals surface area contributed by atoms with Crippen molar-refractivity contribution >= 4 is 43.9 Å². The van der Waals surface area contributed by atoms with Crippen LogP contribution in [0.4, 0.5) is 5.13 Å². The van der Waals surface area contributed by atoms with E-state index in [1.807, 2.05) is 12.3 Å². The van der Waals surface area contributed by atoms with Crippen molar-refractivity contribution in [2.75, 3.05) is 5.32 Å². The molecule has 31 heavy (non-hydrogen) atoms. The lowest BCUT2D eigenvalue weighted by Gasteiger charge is -2.17. The van der Waals surface area contributed by atoms with Gasteiger partial charge in [0.1, 0.15) is 10.9 Å². The predicted octanol–water partition coefficient (Wildman–Crippen LogP) is 5.05. The topological polar surface area (TPSA) is 76.9 Å². The van der Waals surface area contributed by atoms with Crippen LogP contribution >= 0.6 is 22.7 Å². The highest BCUT2D eigenvalue weighted by Crippen LogP contribution is 2.33. The number of anilines is 1. The molecule has 0 aliphatic heterocycles. The van der Waals surface area contributed by atoms with Crippen molar-refractivity contribution in [3.05, 3.63) is 63.0 Å². The van der Waals surface area contributed by atoms with E-state index in [4.69, 9.17) is 0 Å². The summed E-state index contributed by atoms with van der Waals surface area (Å²) in [7, 11) is 0. The first kappa shape index (κ1) is 20.1. The van der Waals surface area contributed by atoms with Crippen molar-refractivity contribution in [3.8, 4) is 11.1 Å². The van der Waals surface area contributed by atoms with Crippen LogP contribution in [0.1, 0.15) is 43.4 Å². The molecule has 1 N–H and O–H groups in total. The van der Waals surface area contributed by atoms with E-state index in [1.165, 1.54) is 57.5 Å². The summed E-state index contributed by atoms with van der Waals surface area (Å²) in [4.78, 5) is 35.7. The van der Waals surface area contributed by atoms with Crippen molar-refractivity contribution in [1.29, 1.82) is 0 Å². The molecule has 4 aromatic rings. The van der Waals surface area contributed by atoms with E-state index >= 15 is 0 Å². The number of thiophene rings is 1. The fraction of sp³-hybridized carbons (Fsp3) is 0.304. The number of carbonyl (C=O) groups excluding carboxylic acids is 1. The number of hydrogen-bond donors (Lipinski definition) is 1. The molecule has 0 spiro atoms. The number of benzene rings is 1. The first-order chi connectivity index (χ1) is 15.2. The quantitative estimate of drug-likeness (QED) is 0.462. The molecule has 1 unspecified atom stereocenters. The Morgan fingerprint density at radius 2 is 2.03 bits per heavy atom. The van der Waals surface area contributed by atoms with Crippen molar-refractivity contribution in [1.82, 2.24) is 14.5 Å². The van der Waals surface area contributed by atoms with E-state index in [-0.39, 0.29) is 11.5 Å². The van der Waals surface area contributed by atoms with Crippen molar-refractivity contribution in [3.63, 3.8) is 0 Å². The molecule has 0 fully saturated rings. The van der Waals surface area contributed by atoms with Gasteiger partial charge in [-0.15, -0.1) is 22.7 Å². The van der Waals surface area contributed by atoms with E-state index in [0.717, 1.165) is 24.0 Å². The summed E-state index contributed by atoms with van der Waals surface area (Å²) in [5, 5.41) is 7.72. The number of hydrogen-bond acceptors (Lipinski definition) is 6. The maximum atomic E-state index is 13.5. The van der Waals surface area contributed by atoms with E-state index < -0.39 is 6.04 Å². The van der Waals surface area contributed by atoms with Crippen LogP contribution in [0.3, 0.4) is 0 Å². The third-order valence-electron chi connectivity index (χ3n) is 5.87. The molecule has 6 nitrogen and oxygen atoms in total. The van der Waals surface area contributed by atoms with Crippen molar-refractivity contribution in [2.45, 2.75) is 45.1 Å². The van der Waals surface area contributed by atoms with Gasteiger partial charge in [0.15, 0.2) is 5.13 Å². The smallest absolute Gasteiger partial charge is 0.263 e. The summed E-state index contributed by atoms with van der Waals surface area (Å²) in [5.41, 5.74) is 4.55. The second-order valence-electron chi connectivity index (χ2n) is 7.73. The number of aryl methyl sites for hydroxylation is 2. The Labute approximate surface area is 187 Å². The van der Waals surface area contributed by atoms with Gasteiger partial charge in [0.2, 0.25) is 5.91 Å². The molecular weight excluding hydrogens is 428 g/mol. The molecule has 0 radical (unpaired) electrons. The van der Waals surface area contributed by atoms with Crippen LogP contribution in [-0.4, -0.2) is 20.4 Å². The van der Waals surface area contributed by atoms with Crippen LogP contribution in [0.15, 0.2) is 46.3 Å². The first-order valence-electron chi connectivity index (χ1n) is 10.5. The molecule has 5 rings (SSSR count). The van der Waals surface area contributed by atoms with Crippen LogP contribution in [0, 0.1) is 0 Å². The number of amides is 1. The maximum Gasteiger partial charge on any atom is 0.263 e. The van der Waals surface area contributed by atoms with Crippen molar-refractivity contribution in [2.24, 2.45) is 0 Å². The second-order valence-corrected chi connectivity index (χ2v) is 9.48. The lowest BCUT2D eigenvalue weighted by molar-refractivity contribution is -0.119. The van der Waals surface area contributed by atoms with E-state index in [0.29, 0.717) is 21.8 Å². The van der Waals surface area contributed by atoms with Crippen LogP contribution in [-0.2, 0) is 17.6 Å². The fourth-order valence-electron chi connectivity index (χ4n) is 4.26. The zero-order chi connectivity index (χ0) is 21.4. The van der Waals surface area contributed by atoms with Gasteiger partial charge in [0.25, 0.3) is 5.56 Å². The average Bonchev–Trinajstić information content (AvgIpc) is 3.45. The Kier molecular flexibility index (Phi) is 5.41. The number of nitrogens with one attached hydrogen (secondary N) is 1. The normalized spacial score (nSPS) is 14.4.